The van der Waals surface area contributed by atoms with Crippen LogP contribution in [-0.4, -0.2) is 131 Å². The van der Waals surface area contributed by atoms with Crippen LogP contribution in [0.2, 0.25) is 0 Å². The third-order valence-corrected chi connectivity index (χ3v) is 18.0. The second kappa shape index (κ2) is 37.5. The van der Waals surface area contributed by atoms with Crippen LogP contribution in [-0.2, 0) is 44.9 Å². The molecular formula is C84H86FN15O8. The second-order valence-electron chi connectivity index (χ2n) is 25.5. The zero-order valence-electron chi connectivity index (χ0n) is 62.3. The molecule has 0 aliphatic heterocycles. The lowest BCUT2D eigenvalue weighted by molar-refractivity contribution is -0.118. The molecule has 12 aromatic rings. The fraction of sp³-hybridized carbons (Fsp3) is 0.226. The maximum Gasteiger partial charge on any atom is 0.226 e. The Kier molecular flexibility index (Phi) is 27.5. The molecule has 0 radical (unpaired) electrons. The predicted octanol–water partition coefficient (Wildman–Crippen LogP) is 14.7. The first-order chi connectivity index (χ1) is 52.0. The average molecular weight is 1450 g/mol. The Balaban J connectivity index is 0.000000166. The van der Waals surface area contributed by atoms with Gasteiger partial charge in [-0.3, -0.25) is 73.7 Å². The normalized spacial score (nSPS) is 10.6. The van der Waals surface area contributed by atoms with Crippen molar-refractivity contribution in [3.05, 3.63) is 269 Å². The highest BCUT2D eigenvalue weighted by molar-refractivity contribution is 6.00. The van der Waals surface area contributed by atoms with Crippen LogP contribution in [0.1, 0.15) is 134 Å². The summed E-state index contributed by atoms with van der Waals surface area (Å²) in [5, 5.41) is 26.5. The van der Waals surface area contributed by atoms with Gasteiger partial charge in [-0.1, -0.05) is 82.3 Å². The van der Waals surface area contributed by atoms with Crippen LogP contribution in [0.4, 0.5) is 27.1 Å². The molecule has 0 aliphatic rings. The summed E-state index contributed by atoms with van der Waals surface area (Å²) in [6.45, 7) is 13.2. The van der Waals surface area contributed by atoms with Crippen molar-refractivity contribution in [2.75, 3.05) is 47.8 Å². The van der Waals surface area contributed by atoms with Gasteiger partial charge >= 0.3 is 0 Å². The number of pyridine rings is 3. The van der Waals surface area contributed by atoms with E-state index < -0.39 is 5.82 Å². The summed E-state index contributed by atoms with van der Waals surface area (Å²) >= 11 is 0. The molecule has 5 aromatic carbocycles. The largest absolute Gasteiger partial charge is 0.315 e. The molecule has 0 fully saturated rings. The highest BCUT2D eigenvalue weighted by atomic mass is 19.1. The topological polar surface area (TPSA) is 303 Å². The lowest BCUT2D eigenvalue weighted by atomic mass is 9.99. The zero-order valence-corrected chi connectivity index (χ0v) is 62.3. The standard InChI is InChI=1S/C22H23N3O2.2C21H22N4O2.C20H19FN4O2/c1-4-22(27)25(3)20-10-9-18(13-15(20)2)16-5-7-17(8-6-16)21(26)14-19-11-12-23-24-19;1-4-21(27)25(3)19-8-6-15(11-14(19)2)18-7-5-16(13-22-18)20(26)12-17-9-10-23-24-17;1-4-21(27)25(3)19-8-6-15(11-14(19)2)16-5-7-18(22-13-16)20(26)12-17-9-10-23-24-17;1-3-20(27)25(2)18-7-5-13(10-16(18)21)17-6-4-14(12-22-17)19(26)11-15-8-9-23-24-15/h5-13H,4,14H2,1-3H3,(H,23,24);2*5-11,13H,4,12H2,1-3H3,(H,23,24);4-10,12H,3,11H2,1-2H3,(H,23,24). The summed E-state index contributed by atoms with van der Waals surface area (Å²) in [5.41, 5.74) is 18.0. The fourth-order valence-electron chi connectivity index (χ4n) is 11.7. The van der Waals surface area contributed by atoms with E-state index in [0.717, 1.165) is 90.0 Å². The third-order valence-electron chi connectivity index (χ3n) is 18.0. The van der Waals surface area contributed by atoms with Gasteiger partial charge in [0.05, 0.1) is 42.8 Å². The minimum atomic E-state index is -0.502. The Morgan fingerprint density at radius 3 is 0.972 bits per heavy atom. The van der Waals surface area contributed by atoms with Crippen LogP contribution in [0.25, 0.3) is 44.8 Å². The number of hydrogen-bond acceptors (Lipinski definition) is 15. The molecule has 0 bridgehead atoms. The Hall–Kier alpha value is -13.1. The molecule has 24 heteroatoms. The lowest BCUT2D eigenvalue weighted by Gasteiger charge is -2.19. The summed E-state index contributed by atoms with van der Waals surface area (Å²) < 4.78 is 14.4. The number of halogens is 1. The first-order valence-corrected chi connectivity index (χ1v) is 35.2. The van der Waals surface area contributed by atoms with Crippen molar-refractivity contribution >= 4 is 69.5 Å². The molecule has 7 aromatic heterocycles. The highest BCUT2D eigenvalue weighted by Gasteiger charge is 2.20. The van der Waals surface area contributed by atoms with Crippen molar-refractivity contribution < 1.29 is 42.7 Å². The first kappa shape index (κ1) is 79.0. The quantitative estimate of drug-likeness (QED) is 0.0409. The maximum absolute atomic E-state index is 14.4. The van der Waals surface area contributed by atoms with E-state index in [-0.39, 0.29) is 71.7 Å². The molecule has 23 nitrogen and oxygen atoms in total. The number of hydrogen-bond donors (Lipinski definition) is 4. The van der Waals surface area contributed by atoms with Crippen molar-refractivity contribution in [1.29, 1.82) is 0 Å². The molecule has 4 amide bonds. The minimum absolute atomic E-state index is 0.00969. The van der Waals surface area contributed by atoms with Gasteiger partial charge in [-0.2, -0.15) is 20.4 Å². The fourth-order valence-corrected chi connectivity index (χ4v) is 11.7. The van der Waals surface area contributed by atoms with Gasteiger partial charge in [0.1, 0.15) is 11.5 Å². The van der Waals surface area contributed by atoms with Crippen molar-refractivity contribution in [1.82, 2.24) is 55.7 Å². The molecule has 0 saturated heterocycles. The number of nitrogens with one attached hydrogen (secondary N) is 4. The molecule has 7 heterocycles. The van der Waals surface area contributed by atoms with Crippen molar-refractivity contribution in [2.45, 2.75) is 99.8 Å². The number of ketones is 4. The maximum atomic E-state index is 14.4. The Morgan fingerprint density at radius 2 is 0.639 bits per heavy atom. The third kappa shape index (κ3) is 20.6. The van der Waals surface area contributed by atoms with E-state index in [1.807, 2.05) is 126 Å². The zero-order chi connectivity index (χ0) is 77.6. The Bertz CT molecular complexity index is 4430. The van der Waals surface area contributed by atoms with Crippen LogP contribution < -0.4 is 19.6 Å². The first-order valence-electron chi connectivity index (χ1n) is 35.2. The summed E-state index contributed by atoms with van der Waals surface area (Å²) in [7, 11) is 6.91. The molecular weight excluding hydrogens is 1370 g/mol. The van der Waals surface area contributed by atoms with Crippen molar-refractivity contribution in [3.63, 3.8) is 0 Å². The summed E-state index contributed by atoms with van der Waals surface area (Å²) in [6.07, 6.45) is 14.0. The van der Waals surface area contributed by atoms with E-state index in [4.69, 9.17) is 0 Å². The summed E-state index contributed by atoms with van der Waals surface area (Å²) in [5.74, 6) is -0.529. The number of aromatic nitrogens is 11. The number of benzene rings is 5. The van der Waals surface area contributed by atoms with Gasteiger partial charge in [-0.25, -0.2) is 4.39 Å². The predicted molar refractivity (Wildman–Crippen MR) is 416 cm³/mol. The van der Waals surface area contributed by atoms with Gasteiger partial charge in [0.15, 0.2) is 23.1 Å². The van der Waals surface area contributed by atoms with E-state index in [0.29, 0.717) is 65.7 Å². The van der Waals surface area contributed by atoms with Crippen LogP contribution in [0, 0.1) is 26.6 Å². The number of carbonyl (C=O) groups excluding carboxylic acids is 8. The summed E-state index contributed by atoms with van der Waals surface area (Å²) in [4.78, 5) is 116. The second-order valence-corrected chi connectivity index (χ2v) is 25.5. The summed E-state index contributed by atoms with van der Waals surface area (Å²) in [6, 6.07) is 47.7. The smallest absolute Gasteiger partial charge is 0.226 e. The number of Topliss-reactive ketones (excluding diaryl/α,β-unsaturated/α-hetero) is 4. The average Bonchev–Trinajstić information content (AvgIpc) is 0.947. The molecule has 0 spiro atoms. The minimum Gasteiger partial charge on any atom is -0.315 e. The molecule has 108 heavy (non-hydrogen) atoms. The molecule has 0 unspecified atom stereocenters. The molecule has 0 aliphatic carbocycles. The van der Waals surface area contributed by atoms with E-state index in [1.54, 1.807) is 148 Å². The number of amides is 4. The van der Waals surface area contributed by atoms with E-state index in [2.05, 4.69) is 61.8 Å². The van der Waals surface area contributed by atoms with Gasteiger partial charge in [-0.15, -0.1) is 0 Å². The van der Waals surface area contributed by atoms with E-state index >= 15 is 0 Å². The Morgan fingerprint density at radius 1 is 0.324 bits per heavy atom. The van der Waals surface area contributed by atoms with E-state index in [1.165, 1.54) is 17.2 Å². The van der Waals surface area contributed by atoms with Gasteiger partial charge in [0.2, 0.25) is 23.6 Å². The van der Waals surface area contributed by atoms with Gasteiger partial charge < -0.3 is 19.6 Å². The Labute approximate surface area is 626 Å². The molecule has 12 rings (SSSR count). The number of nitrogens with zero attached hydrogens (tertiary/aromatic N) is 11. The van der Waals surface area contributed by atoms with Crippen LogP contribution in [0.15, 0.2) is 201 Å². The van der Waals surface area contributed by atoms with Crippen molar-refractivity contribution in [2.24, 2.45) is 0 Å². The number of H-pyrrole nitrogens is 4. The number of aryl methyl sites for hydroxylation is 3. The lowest BCUT2D eigenvalue weighted by Crippen LogP contribution is -2.25. The van der Waals surface area contributed by atoms with E-state index in [9.17, 15) is 42.7 Å². The van der Waals surface area contributed by atoms with Gasteiger partial charge in [-0.05, 0) is 157 Å². The SMILES string of the molecule is CCC(=O)N(C)c1ccc(-c2ccc(C(=O)Cc3ccn[nH]3)cc2)cc1C.CCC(=O)N(C)c1ccc(-c2ccc(C(=O)Cc3ccn[nH]3)cn2)cc1C.CCC(=O)N(C)c1ccc(-c2ccc(C(=O)Cc3ccn[nH]3)cn2)cc1F.CCC(=O)N(C)c1ccc(-c2ccc(C(=O)Cc3ccn[nH]3)nc2)cc1C. The molecule has 0 saturated carbocycles. The van der Waals surface area contributed by atoms with Gasteiger partial charge in [0, 0.05) is 170 Å². The highest BCUT2D eigenvalue weighted by Crippen LogP contribution is 2.32. The number of anilines is 4. The van der Waals surface area contributed by atoms with Gasteiger partial charge in [0.25, 0.3) is 0 Å². The van der Waals surface area contributed by atoms with Crippen LogP contribution >= 0.6 is 0 Å². The van der Waals surface area contributed by atoms with Crippen molar-refractivity contribution in [3.8, 4) is 44.8 Å². The number of carbonyl (C=O) groups is 8. The monoisotopic (exact) mass is 1450 g/mol. The van der Waals surface area contributed by atoms with Crippen LogP contribution in [0.5, 0.6) is 0 Å². The number of rotatable bonds is 24. The van der Waals surface area contributed by atoms with Crippen LogP contribution in [0.3, 0.4) is 0 Å². The number of aromatic amines is 4. The molecule has 0 atom stereocenters. The molecule has 552 valence electrons. The molecule has 4 N–H and O–H groups in total.